The molecule has 0 amide bonds. The van der Waals surface area contributed by atoms with Crippen LogP contribution >= 0.6 is 11.3 Å². The van der Waals surface area contributed by atoms with Crippen LogP contribution in [0.1, 0.15) is 35.0 Å². The minimum atomic E-state index is -3.72. The van der Waals surface area contributed by atoms with Crippen LogP contribution in [0.4, 0.5) is 0 Å². The Balaban J connectivity index is 1.57. The number of esters is 1. The lowest BCUT2D eigenvalue weighted by Crippen LogP contribution is -2.40. The van der Waals surface area contributed by atoms with Gasteiger partial charge in [-0.2, -0.15) is 4.31 Å². The van der Waals surface area contributed by atoms with Crippen LogP contribution in [-0.2, 0) is 26.0 Å². The number of sulfonamides is 1. The normalized spacial score (nSPS) is 15.6. The Kier molecular flexibility index (Phi) is 8.36. The van der Waals surface area contributed by atoms with Gasteiger partial charge in [-0.1, -0.05) is 18.2 Å². The summed E-state index contributed by atoms with van der Waals surface area (Å²) in [5.74, 6) is -0.678. The molecule has 7 nitrogen and oxygen atoms in total. The largest absolute Gasteiger partial charge is 0.466 e. The summed E-state index contributed by atoms with van der Waals surface area (Å²) in [6.45, 7) is 3.42. The van der Waals surface area contributed by atoms with Gasteiger partial charge in [0, 0.05) is 30.1 Å². The second kappa shape index (κ2) is 11.0. The van der Waals surface area contributed by atoms with Crippen LogP contribution in [0, 0.1) is 5.92 Å². The van der Waals surface area contributed by atoms with Gasteiger partial charge in [-0.3, -0.25) is 9.59 Å². The van der Waals surface area contributed by atoms with Gasteiger partial charge in [0.15, 0.2) is 5.78 Å². The summed E-state index contributed by atoms with van der Waals surface area (Å²) in [4.78, 5) is 25.8. The maximum Gasteiger partial charge on any atom is 0.309 e. The molecule has 1 aliphatic rings. The molecule has 1 N–H and O–H groups in total. The Morgan fingerprint density at radius 2 is 1.97 bits per heavy atom. The molecule has 1 aromatic carbocycles. The van der Waals surface area contributed by atoms with Crippen LogP contribution in [0.3, 0.4) is 0 Å². The van der Waals surface area contributed by atoms with Crippen LogP contribution in [0.2, 0.25) is 0 Å². The number of nitrogens with zero attached hydrogens (tertiary/aromatic N) is 1. The summed E-state index contributed by atoms with van der Waals surface area (Å²) in [5, 5.41) is 5.14. The van der Waals surface area contributed by atoms with E-state index in [9.17, 15) is 18.0 Å². The summed E-state index contributed by atoms with van der Waals surface area (Å²) >= 11 is 1.68. The first kappa shape index (κ1) is 23.6. The zero-order valence-corrected chi connectivity index (χ0v) is 19.2. The molecule has 0 unspecified atom stereocenters. The van der Waals surface area contributed by atoms with Crippen molar-refractivity contribution in [3.8, 4) is 0 Å². The SMILES string of the molecule is CCOC(=O)C1CCN(S(=O)(=O)c2cccc(C(=O)CNCCc3cccs3)c2)CC1. The molecule has 0 aliphatic carbocycles. The number of hydrogen-bond donors (Lipinski definition) is 1. The first-order valence-corrected chi connectivity index (χ1v) is 12.8. The fourth-order valence-electron chi connectivity index (χ4n) is 3.54. The van der Waals surface area contributed by atoms with Crippen LogP contribution in [0.15, 0.2) is 46.7 Å². The van der Waals surface area contributed by atoms with Gasteiger partial charge in [0.05, 0.1) is 24.0 Å². The first-order chi connectivity index (χ1) is 14.9. The van der Waals surface area contributed by atoms with Crippen LogP contribution < -0.4 is 5.32 Å². The second-order valence-electron chi connectivity index (χ2n) is 7.39. The third kappa shape index (κ3) is 6.22. The molecule has 1 aliphatic heterocycles. The molecule has 1 aromatic heterocycles. The zero-order chi connectivity index (χ0) is 22.3. The monoisotopic (exact) mass is 464 g/mol. The minimum absolute atomic E-state index is 0.103. The van der Waals surface area contributed by atoms with Crippen molar-refractivity contribution >= 4 is 33.1 Å². The number of carbonyl (C=O) groups excluding carboxylic acids is 2. The molecule has 0 atom stereocenters. The molecule has 168 valence electrons. The van der Waals surface area contributed by atoms with Crippen molar-refractivity contribution in [1.29, 1.82) is 0 Å². The Bertz CT molecular complexity index is 981. The maximum absolute atomic E-state index is 13.0. The van der Waals surface area contributed by atoms with Crippen molar-refractivity contribution in [3.05, 3.63) is 52.2 Å². The molecular weight excluding hydrogens is 436 g/mol. The summed E-state index contributed by atoms with van der Waals surface area (Å²) in [6.07, 6.45) is 1.72. The van der Waals surface area contributed by atoms with E-state index in [1.54, 1.807) is 30.4 Å². The van der Waals surface area contributed by atoms with Crippen molar-refractivity contribution in [2.45, 2.75) is 31.1 Å². The van der Waals surface area contributed by atoms with Gasteiger partial charge in [-0.05, 0) is 49.8 Å². The molecular formula is C22H28N2O5S2. The maximum atomic E-state index is 13.0. The van der Waals surface area contributed by atoms with Gasteiger partial charge < -0.3 is 10.1 Å². The summed E-state index contributed by atoms with van der Waals surface area (Å²) < 4.78 is 32.5. The number of ketones is 1. The van der Waals surface area contributed by atoms with E-state index in [0.717, 1.165) is 6.42 Å². The van der Waals surface area contributed by atoms with Gasteiger partial charge in [0.25, 0.3) is 0 Å². The first-order valence-electron chi connectivity index (χ1n) is 10.4. The van der Waals surface area contributed by atoms with Crippen molar-refractivity contribution in [1.82, 2.24) is 9.62 Å². The van der Waals surface area contributed by atoms with E-state index in [2.05, 4.69) is 11.4 Å². The Hall–Kier alpha value is -2.07. The predicted molar refractivity (Wildman–Crippen MR) is 120 cm³/mol. The molecule has 1 saturated heterocycles. The molecule has 0 bridgehead atoms. The highest BCUT2D eigenvalue weighted by atomic mass is 32.2. The number of ether oxygens (including phenoxy) is 1. The van der Waals surface area contributed by atoms with E-state index < -0.39 is 10.0 Å². The number of piperidine rings is 1. The van der Waals surface area contributed by atoms with Gasteiger partial charge in [-0.25, -0.2) is 8.42 Å². The van der Waals surface area contributed by atoms with Crippen LogP contribution in [0.25, 0.3) is 0 Å². The molecule has 0 saturated carbocycles. The fourth-order valence-corrected chi connectivity index (χ4v) is 5.77. The molecule has 3 rings (SSSR count). The van der Waals surface area contributed by atoms with Gasteiger partial charge >= 0.3 is 5.97 Å². The topological polar surface area (TPSA) is 92.8 Å². The number of hydrogen-bond acceptors (Lipinski definition) is 7. The fraction of sp³-hybridized carbons (Fsp3) is 0.455. The molecule has 2 aromatic rings. The average molecular weight is 465 g/mol. The lowest BCUT2D eigenvalue weighted by molar-refractivity contribution is -0.149. The standard InChI is InChI=1S/C22H28N2O5S2/c1-2-29-22(26)17-9-12-24(13-10-17)31(27,28)20-7-3-5-18(15-20)21(25)16-23-11-8-19-6-4-14-30-19/h3-7,14-15,17,23H,2,8-13,16H2,1H3. The number of benzene rings is 1. The van der Waals surface area contributed by atoms with Gasteiger partial charge in [0.2, 0.25) is 10.0 Å². The predicted octanol–water partition coefficient (Wildman–Crippen LogP) is 2.73. The van der Waals surface area contributed by atoms with Crippen molar-refractivity contribution in [2.75, 3.05) is 32.8 Å². The molecule has 9 heteroatoms. The van der Waals surface area contributed by atoms with Gasteiger partial charge in [-0.15, -0.1) is 11.3 Å². The molecule has 31 heavy (non-hydrogen) atoms. The van der Waals surface area contributed by atoms with Crippen LogP contribution in [0.5, 0.6) is 0 Å². The van der Waals surface area contributed by atoms with E-state index in [4.69, 9.17) is 4.74 Å². The van der Waals surface area contributed by atoms with Gasteiger partial charge in [0.1, 0.15) is 0 Å². The quantitative estimate of drug-likeness (QED) is 0.330. The van der Waals surface area contributed by atoms with E-state index >= 15 is 0 Å². The van der Waals surface area contributed by atoms with E-state index in [1.165, 1.54) is 21.3 Å². The molecule has 1 fully saturated rings. The Morgan fingerprint density at radius 1 is 1.19 bits per heavy atom. The lowest BCUT2D eigenvalue weighted by Gasteiger charge is -2.30. The molecule has 0 spiro atoms. The smallest absolute Gasteiger partial charge is 0.309 e. The van der Waals surface area contributed by atoms with E-state index in [0.29, 0.717) is 31.6 Å². The number of Topliss-reactive ketones (excluding diaryl/α,β-unsaturated/α-hetero) is 1. The average Bonchev–Trinajstić information content (AvgIpc) is 3.30. The summed E-state index contributed by atoms with van der Waals surface area (Å²) in [7, 11) is -3.72. The summed E-state index contributed by atoms with van der Waals surface area (Å²) in [6, 6.07) is 10.2. The van der Waals surface area contributed by atoms with E-state index in [-0.39, 0.29) is 42.2 Å². The van der Waals surface area contributed by atoms with E-state index in [1.807, 2.05) is 11.4 Å². The highest BCUT2D eigenvalue weighted by Gasteiger charge is 2.32. The van der Waals surface area contributed by atoms with Crippen molar-refractivity contribution < 1.29 is 22.7 Å². The highest BCUT2D eigenvalue weighted by molar-refractivity contribution is 7.89. The highest BCUT2D eigenvalue weighted by Crippen LogP contribution is 2.25. The summed E-state index contributed by atoms with van der Waals surface area (Å²) in [5.41, 5.74) is 0.367. The minimum Gasteiger partial charge on any atom is -0.466 e. The van der Waals surface area contributed by atoms with Crippen LogP contribution in [-0.4, -0.2) is 57.3 Å². The Labute approximate surface area is 187 Å². The second-order valence-corrected chi connectivity index (χ2v) is 10.4. The van der Waals surface area contributed by atoms with Crippen molar-refractivity contribution in [3.63, 3.8) is 0 Å². The number of thiophene rings is 1. The number of rotatable bonds is 10. The Morgan fingerprint density at radius 3 is 2.65 bits per heavy atom. The molecule has 0 radical (unpaired) electrons. The number of nitrogens with one attached hydrogen (secondary N) is 1. The lowest BCUT2D eigenvalue weighted by atomic mass is 9.98. The number of carbonyl (C=O) groups is 2. The third-order valence-electron chi connectivity index (χ3n) is 5.28. The van der Waals surface area contributed by atoms with Crippen molar-refractivity contribution in [2.24, 2.45) is 5.92 Å². The zero-order valence-electron chi connectivity index (χ0n) is 17.6. The molecule has 2 heterocycles. The third-order valence-corrected chi connectivity index (χ3v) is 8.11.